The smallest absolute Gasteiger partial charge is 0.340 e. The molecule has 0 saturated carbocycles. The zero-order chi connectivity index (χ0) is 23.4. The number of morpholine rings is 1. The van der Waals surface area contributed by atoms with Crippen LogP contribution in [0.2, 0.25) is 0 Å². The molecule has 1 saturated heterocycles. The van der Waals surface area contributed by atoms with Crippen LogP contribution >= 0.6 is 0 Å². The van der Waals surface area contributed by atoms with Crippen LogP contribution in [0.1, 0.15) is 28.8 Å². The molecule has 1 atom stereocenters. The van der Waals surface area contributed by atoms with Gasteiger partial charge in [-0.25, -0.2) is 4.79 Å². The number of carbonyl (C=O) groups excluding carboxylic acids is 2. The fraction of sp³-hybridized carbons (Fsp3) is 0.308. The maximum Gasteiger partial charge on any atom is 0.340 e. The molecule has 1 aliphatic rings. The first-order valence-corrected chi connectivity index (χ1v) is 10.9. The van der Waals surface area contributed by atoms with Crippen LogP contribution in [0.15, 0.2) is 54.6 Å². The number of anilines is 2. The fourth-order valence-electron chi connectivity index (χ4n) is 3.97. The van der Waals surface area contributed by atoms with Crippen LogP contribution in [0.3, 0.4) is 0 Å². The molecule has 0 spiro atoms. The van der Waals surface area contributed by atoms with Crippen molar-refractivity contribution < 1.29 is 23.8 Å². The summed E-state index contributed by atoms with van der Waals surface area (Å²) < 4.78 is 15.7. The second-order valence-electron chi connectivity index (χ2n) is 8.00. The van der Waals surface area contributed by atoms with E-state index in [2.05, 4.69) is 10.2 Å². The second kappa shape index (κ2) is 9.92. The Bertz CT molecular complexity index is 1170. The minimum absolute atomic E-state index is 0.202. The Morgan fingerprint density at radius 1 is 0.970 bits per heavy atom. The normalized spacial score (nSPS) is 14.6. The van der Waals surface area contributed by atoms with E-state index in [1.165, 1.54) is 7.11 Å². The van der Waals surface area contributed by atoms with Crippen molar-refractivity contribution in [3.05, 3.63) is 65.7 Å². The van der Waals surface area contributed by atoms with Crippen molar-refractivity contribution in [1.29, 1.82) is 0 Å². The SMILES string of the molecule is COC(=O)c1cc(N2CCOCC2)ccc1NC(=O)[C@@H](C)c1ccc2cc(OC)ccc2c1. The van der Waals surface area contributed by atoms with Gasteiger partial charge in [-0.1, -0.05) is 24.3 Å². The standard InChI is InChI=1S/C26H28N2O5/c1-17(18-4-5-20-15-22(31-2)8-6-19(20)14-18)25(29)27-24-9-7-21(16-23(24)26(30)32-3)28-10-12-33-13-11-28/h4-9,14-17H,10-13H2,1-3H3,(H,27,29)/t17-/m0/s1. The number of rotatable bonds is 6. The lowest BCUT2D eigenvalue weighted by atomic mass is 9.96. The number of amides is 1. The van der Waals surface area contributed by atoms with Gasteiger partial charge in [-0.05, 0) is 53.6 Å². The van der Waals surface area contributed by atoms with Gasteiger partial charge in [-0.3, -0.25) is 4.79 Å². The number of ether oxygens (including phenoxy) is 3. The van der Waals surface area contributed by atoms with E-state index in [0.717, 1.165) is 40.9 Å². The minimum atomic E-state index is -0.493. The van der Waals surface area contributed by atoms with Crippen LogP contribution in [0.25, 0.3) is 10.8 Å². The van der Waals surface area contributed by atoms with Crippen LogP contribution < -0.4 is 15.0 Å². The third kappa shape index (κ3) is 4.93. The number of nitrogens with one attached hydrogen (secondary N) is 1. The van der Waals surface area contributed by atoms with E-state index in [9.17, 15) is 9.59 Å². The summed E-state index contributed by atoms with van der Waals surface area (Å²) in [5.74, 6) is -0.322. The minimum Gasteiger partial charge on any atom is -0.497 e. The Labute approximate surface area is 193 Å². The summed E-state index contributed by atoms with van der Waals surface area (Å²) in [6.45, 7) is 4.62. The van der Waals surface area contributed by atoms with E-state index in [-0.39, 0.29) is 5.91 Å². The molecular formula is C26H28N2O5. The zero-order valence-electron chi connectivity index (χ0n) is 19.1. The monoisotopic (exact) mass is 448 g/mol. The number of methoxy groups -OCH3 is 2. The van der Waals surface area contributed by atoms with Crippen molar-refractivity contribution in [3.63, 3.8) is 0 Å². The Hall–Kier alpha value is -3.58. The van der Waals surface area contributed by atoms with E-state index >= 15 is 0 Å². The van der Waals surface area contributed by atoms with Crippen molar-refractivity contribution in [2.45, 2.75) is 12.8 Å². The molecule has 33 heavy (non-hydrogen) atoms. The molecule has 0 radical (unpaired) electrons. The van der Waals surface area contributed by atoms with E-state index < -0.39 is 11.9 Å². The number of benzene rings is 3. The van der Waals surface area contributed by atoms with Crippen LogP contribution in [-0.4, -0.2) is 52.4 Å². The molecule has 0 aromatic heterocycles. The first-order valence-electron chi connectivity index (χ1n) is 10.9. The Kier molecular flexibility index (Phi) is 6.79. The predicted molar refractivity (Wildman–Crippen MR) is 128 cm³/mol. The Morgan fingerprint density at radius 3 is 2.42 bits per heavy atom. The first-order chi connectivity index (χ1) is 16.0. The molecule has 4 rings (SSSR count). The van der Waals surface area contributed by atoms with Crippen LogP contribution in [0.5, 0.6) is 5.75 Å². The Morgan fingerprint density at radius 2 is 1.70 bits per heavy atom. The maximum atomic E-state index is 13.1. The van der Waals surface area contributed by atoms with E-state index in [1.54, 1.807) is 19.2 Å². The first kappa shape index (κ1) is 22.6. The highest BCUT2D eigenvalue weighted by Crippen LogP contribution is 2.28. The summed E-state index contributed by atoms with van der Waals surface area (Å²) in [6.07, 6.45) is 0. The van der Waals surface area contributed by atoms with Crippen molar-refractivity contribution in [1.82, 2.24) is 0 Å². The lowest BCUT2D eigenvalue weighted by Crippen LogP contribution is -2.36. The van der Waals surface area contributed by atoms with Crippen molar-refractivity contribution in [2.24, 2.45) is 0 Å². The number of esters is 1. The van der Waals surface area contributed by atoms with Gasteiger partial charge >= 0.3 is 5.97 Å². The second-order valence-corrected chi connectivity index (χ2v) is 8.00. The van der Waals surface area contributed by atoms with E-state index in [0.29, 0.717) is 24.5 Å². The highest BCUT2D eigenvalue weighted by molar-refractivity contribution is 6.04. The third-order valence-electron chi connectivity index (χ3n) is 6.01. The van der Waals surface area contributed by atoms with Crippen LogP contribution in [0, 0.1) is 0 Å². The molecule has 3 aromatic rings. The van der Waals surface area contributed by atoms with Gasteiger partial charge in [0.2, 0.25) is 5.91 Å². The summed E-state index contributed by atoms with van der Waals surface area (Å²) in [6, 6.07) is 17.2. The van der Waals surface area contributed by atoms with Gasteiger partial charge in [0.1, 0.15) is 5.75 Å². The number of fused-ring (bicyclic) bond motifs is 1. The van der Waals surface area contributed by atoms with Crippen molar-refractivity contribution in [2.75, 3.05) is 50.7 Å². The highest BCUT2D eigenvalue weighted by Gasteiger charge is 2.21. The van der Waals surface area contributed by atoms with Gasteiger partial charge in [-0.15, -0.1) is 0 Å². The van der Waals surface area contributed by atoms with Crippen molar-refractivity contribution >= 4 is 34.0 Å². The number of nitrogens with zero attached hydrogens (tertiary/aromatic N) is 1. The summed E-state index contributed by atoms with van der Waals surface area (Å²) in [7, 11) is 2.97. The van der Waals surface area contributed by atoms with Gasteiger partial charge in [0.05, 0.1) is 44.6 Å². The average Bonchev–Trinajstić information content (AvgIpc) is 2.87. The molecule has 7 heteroatoms. The molecule has 1 aliphatic heterocycles. The summed E-state index contributed by atoms with van der Waals surface area (Å²) in [5.41, 5.74) is 2.54. The lowest BCUT2D eigenvalue weighted by Gasteiger charge is -2.29. The molecular weight excluding hydrogens is 420 g/mol. The molecule has 7 nitrogen and oxygen atoms in total. The molecule has 1 amide bonds. The highest BCUT2D eigenvalue weighted by atomic mass is 16.5. The van der Waals surface area contributed by atoms with Crippen molar-refractivity contribution in [3.8, 4) is 5.75 Å². The largest absolute Gasteiger partial charge is 0.497 e. The molecule has 0 bridgehead atoms. The molecule has 3 aromatic carbocycles. The van der Waals surface area contributed by atoms with Gasteiger partial charge in [0.15, 0.2) is 0 Å². The van der Waals surface area contributed by atoms with Gasteiger partial charge < -0.3 is 24.4 Å². The van der Waals surface area contributed by atoms with Crippen LogP contribution in [-0.2, 0) is 14.3 Å². The van der Waals surface area contributed by atoms with Crippen LogP contribution in [0.4, 0.5) is 11.4 Å². The molecule has 0 aliphatic carbocycles. The average molecular weight is 449 g/mol. The predicted octanol–water partition coefficient (Wildman–Crippen LogP) is 4.21. The molecule has 172 valence electrons. The molecule has 1 fully saturated rings. The maximum absolute atomic E-state index is 13.1. The quantitative estimate of drug-likeness (QED) is 0.569. The van der Waals surface area contributed by atoms with E-state index in [1.807, 2.05) is 49.4 Å². The zero-order valence-corrected chi connectivity index (χ0v) is 19.1. The fourth-order valence-corrected chi connectivity index (χ4v) is 3.97. The Balaban J connectivity index is 1.56. The number of hydrogen-bond donors (Lipinski definition) is 1. The third-order valence-corrected chi connectivity index (χ3v) is 6.01. The van der Waals surface area contributed by atoms with E-state index in [4.69, 9.17) is 14.2 Å². The number of carbonyl (C=O) groups is 2. The summed E-state index contributed by atoms with van der Waals surface area (Å²) in [4.78, 5) is 27.7. The molecule has 1 N–H and O–H groups in total. The van der Waals surface area contributed by atoms with Gasteiger partial charge in [0, 0.05) is 18.8 Å². The topological polar surface area (TPSA) is 77.1 Å². The van der Waals surface area contributed by atoms with Gasteiger partial charge in [-0.2, -0.15) is 0 Å². The lowest BCUT2D eigenvalue weighted by molar-refractivity contribution is -0.117. The number of hydrogen-bond acceptors (Lipinski definition) is 6. The summed E-state index contributed by atoms with van der Waals surface area (Å²) >= 11 is 0. The van der Waals surface area contributed by atoms with Gasteiger partial charge in [0.25, 0.3) is 0 Å². The molecule has 1 heterocycles. The summed E-state index contributed by atoms with van der Waals surface area (Å²) in [5, 5.41) is 4.98. The molecule has 0 unspecified atom stereocenters.